The van der Waals surface area contributed by atoms with E-state index in [1.54, 1.807) is 83.1 Å². The molecule has 66 heavy (non-hydrogen) atoms. The van der Waals surface area contributed by atoms with E-state index in [1.807, 2.05) is 109 Å². The number of nitrogens with zero attached hydrogens (tertiary/aromatic N) is 2. The molecule has 12 heteroatoms. The molecule has 0 aromatic heterocycles. The van der Waals surface area contributed by atoms with Gasteiger partial charge in [-0.25, -0.2) is 29.0 Å². The fourth-order valence-corrected chi connectivity index (χ4v) is 7.41. The molecule has 12 nitrogen and oxygen atoms in total. The number of hydrogen-bond donors (Lipinski definition) is 0. The van der Waals surface area contributed by atoms with Gasteiger partial charge in [-0.2, -0.15) is 0 Å². The first kappa shape index (κ1) is 50.4. The zero-order valence-corrected chi connectivity index (χ0v) is 40.3. The molecule has 3 atom stereocenters. The molecule has 2 aliphatic heterocycles. The topological polar surface area (TPSA) is 146 Å². The molecule has 4 amide bonds. The molecular weight excluding hydrogens is 837 g/mol. The Bertz CT molecular complexity index is 2400. The molecule has 0 bridgehead atoms. The number of carbonyl (C=O) groups is 6. The maximum Gasteiger partial charge on any atom is 0.418 e. The van der Waals surface area contributed by atoms with Gasteiger partial charge in [-0.15, -0.1) is 0 Å². The highest BCUT2D eigenvalue weighted by Gasteiger charge is 2.46. The van der Waals surface area contributed by atoms with E-state index in [2.05, 4.69) is 0 Å². The van der Waals surface area contributed by atoms with Crippen molar-refractivity contribution in [3.63, 3.8) is 0 Å². The summed E-state index contributed by atoms with van der Waals surface area (Å²) in [5.74, 6) is -2.50. The van der Waals surface area contributed by atoms with Crippen molar-refractivity contribution in [2.75, 3.05) is 0 Å². The summed E-state index contributed by atoms with van der Waals surface area (Å²) in [6.45, 7) is 20.8. The lowest BCUT2D eigenvalue weighted by Crippen LogP contribution is -2.55. The molecule has 350 valence electrons. The molecule has 0 radical (unpaired) electrons. The molecule has 0 aliphatic carbocycles. The van der Waals surface area contributed by atoms with Crippen molar-refractivity contribution >= 4 is 41.5 Å². The van der Waals surface area contributed by atoms with Crippen molar-refractivity contribution in [2.24, 2.45) is 0 Å². The Balaban J connectivity index is 0.000000247. The zero-order valence-electron chi connectivity index (χ0n) is 40.3. The number of piperidine rings is 1. The van der Waals surface area contributed by atoms with Gasteiger partial charge in [0, 0.05) is 18.9 Å². The molecular formula is C54H64N2O10. The predicted molar refractivity (Wildman–Crippen MR) is 254 cm³/mol. The van der Waals surface area contributed by atoms with E-state index in [0.717, 1.165) is 43.2 Å². The molecule has 0 spiro atoms. The maximum atomic E-state index is 13.1. The molecule has 1 saturated heterocycles. The van der Waals surface area contributed by atoms with E-state index in [-0.39, 0.29) is 25.2 Å². The first-order valence-corrected chi connectivity index (χ1v) is 22.3. The van der Waals surface area contributed by atoms with Crippen LogP contribution in [0.2, 0.25) is 0 Å². The lowest BCUT2D eigenvalue weighted by Gasteiger charge is -2.38. The second-order valence-electron chi connectivity index (χ2n) is 20.5. The molecule has 0 N–H and O–H groups in total. The van der Waals surface area contributed by atoms with E-state index >= 15 is 0 Å². The van der Waals surface area contributed by atoms with Crippen LogP contribution in [-0.4, -0.2) is 80.2 Å². The van der Waals surface area contributed by atoms with Crippen LogP contribution < -0.4 is 0 Å². The van der Waals surface area contributed by atoms with E-state index in [9.17, 15) is 28.8 Å². The van der Waals surface area contributed by atoms with Crippen molar-refractivity contribution in [1.29, 1.82) is 0 Å². The van der Waals surface area contributed by atoms with Gasteiger partial charge in [0.05, 0.1) is 0 Å². The Morgan fingerprint density at radius 3 is 1.27 bits per heavy atom. The predicted octanol–water partition coefficient (Wildman–Crippen LogP) is 11.3. The first-order valence-electron chi connectivity index (χ1n) is 22.3. The summed E-state index contributed by atoms with van der Waals surface area (Å²) in [4.78, 5) is 79.6. The van der Waals surface area contributed by atoms with Gasteiger partial charge in [0.25, 0.3) is 5.91 Å². The van der Waals surface area contributed by atoms with Crippen LogP contribution in [0.15, 0.2) is 115 Å². The average Bonchev–Trinajstić information content (AvgIpc) is 3.21. The highest BCUT2D eigenvalue weighted by atomic mass is 16.6. The SMILES string of the molecule is CC(C)(C)OC(=O)[C@H]1CC(c2ccc(-c3ccccc3)cc2)=CC(=O)N1C(=O)OC(C)(C)C.CC(C)(C)OC(=O)[C@H]1C[C@@H](c2ccc(-c3ccccc3)cc2)CC(=O)N1C(=O)OC(C)(C)C. The standard InChI is InChI=1S/C27H33NO5.C27H31NO5/c2*1-26(2,3)32-24(30)22-16-21(17-23(29)28(22)25(31)33-27(4,5)6)20-14-12-19(13-15-20)18-10-8-7-9-11-18/h7-15,21-22H,16-17H2,1-6H3;7-15,17,22H,16H2,1-6H3/t21-,22-;22-/m11/s1. The van der Waals surface area contributed by atoms with Gasteiger partial charge >= 0.3 is 24.1 Å². The van der Waals surface area contributed by atoms with E-state index in [1.165, 1.54) is 6.08 Å². The first-order chi connectivity index (χ1) is 30.7. The van der Waals surface area contributed by atoms with Crippen molar-refractivity contribution in [1.82, 2.24) is 9.80 Å². The lowest BCUT2D eigenvalue weighted by atomic mass is 9.84. The summed E-state index contributed by atoms with van der Waals surface area (Å²) in [6, 6.07) is 33.6. The van der Waals surface area contributed by atoms with Crippen molar-refractivity contribution in [2.45, 2.75) is 143 Å². The van der Waals surface area contributed by atoms with Crippen LogP contribution >= 0.6 is 0 Å². The summed E-state index contributed by atoms with van der Waals surface area (Å²) >= 11 is 0. The largest absolute Gasteiger partial charge is 0.458 e. The number of rotatable bonds is 6. The number of esters is 2. The molecule has 6 rings (SSSR count). The number of hydrogen-bond acceptors (Lipinski definition) is 10. The summed E-state index contributed by atoms with van der Waals surface area (Å²) in [5.41, 5.74) is 3.60. The van der Waals surface area contributed by atoms with Crippen molar-refractivity contribution in [3.05, 3.63) is 126 Å². The second-order valence-corrected chi connectivity index (χ2v) is 20.5. The minimum absolute atomic E-state index is 0.114. The third-order valence-electron chi connectivity index (χ3n) is 10.2. The summed E-state index contributed by atoms with van der Waals surface area (Å²) in [7, 11) is 0. The van der Waals surface area contributed by atoms with Gasteiger partial charge < -0.3 is 18.9 Å². The fourth-order valence-electron chi connectivity index (χ4n) is 7.41. The smallest absolute Gasteiger partial charge is 0.418 e. The highest BCUT2D eigenvalue weighted by molar-refractivity contribution is 6.08. The Hall–Kier alpha value is -6.56. The summed E-state index contributed by atoms with van der Waals surface area (Å²) < 4.78 is 21.9. The number of imide groups is 2. The van der Waals surface area contributed by atoms with Crippen molar-refractivity contribution in [3.8, 4) is 22.3 Å². The van der Waals surface area contributed by atoms with Gasteiger partial charge in [0.1, 0.15) is 34.5 Å². The zero-order chi connectivity index (χ0) is 48.8. The number of likely N-dealkylation sites (tertiary alicyclic amines) is 1. The molecule has 2 heterocycles. The third kappa shape index (κ3) is 14.2. The molecule has 1 fully saturated rings. The highest BCUT2D eigenvalue weighted by Crippen LogP contribution is 2.36. The Morgan fingerprint density at radius 1 is 0.455 bits per heavy atom. The summed E-state index contributed by atoms with van der Waals surface area (Å²) in [5, 5.41) is 0. The monoisotopic (exact) mass is 900 g/mol. The van der Waals surface area contributed by atoms with Crippen LogP contribution in [-0.2, 0) is 38.1 Å². The van der Waals surface area contributed by atoms with Gasteiger partial charge in [-0.1, -0.05) is 109 Å². The van der Waals surface area contributed by atoms with Crippen LogP contribution in [0.25, 0.3) is 27.8 Å². The minimum atomic E-state index is -1.11. The van der Waals surface area contributed by atoms with Gasteiger partial charge in [0.15, 0.2) is 0 Å². The maximum absolute atomic E-state index is 13.1. The Kier molecular flexibility index (Phi) is 15.5. The van der Waals surface area contributed by atoms with Gasteiger partial charge in [-0.3, -0.25) is 9.59 Å². The molecule has 0 saturated carbocycles. The Morgan fingerprint density at radius 2 is 0.833 bits per heavy atom. The van der Waals surface area contributed by atoms with Crippen LogP contribution in [0.4, 0.5) is 9.59 Å². The third-order valence-corrected chi connectivity index (χ3v) is 10.2. The molecule has 0 unspecified atom stereocenters. The van der Waals surface area contributed by atoms with Gasteiger partial charge in [-0.05, 0) is 134 Å². The van der Waals surface area contributed by atoms with Crippen LogP contribution in [0.3, 0.4) is 0 Å². The summed E-state index contributed by atoms with van der Waals surface area (Å²) in [6.07, 6.45) is 0.250. The molecule has 2 aliphatic rings. The van der Waals surface area contributed by atoms with Crippen molar-refractivity contribution < 1.29 is 47.7 Å². The normalized spacial score (nSPS) is 18.0. The lowest BCUT2D eigenvalue weighted by molar-refractivity contribution is -0.166. The Labute approximate surface area is 389 Å². The number of benzene rings is 4. The molecule has 4 aromatic carbocycles. The van der Waals surface area contributed by atoms with Crippen LogP contribution in [0.5, 0.6) is 0 Å². The van der Waals surface area contributed by atoms with Gasteiger partial charge in [0.2, 0.25) is 5.91 Å². The average molecular weight is 901 g/mol. The quantitative estimate of drug-likeness (QED) is 0.135. The van der Waals surface area contributed by atoms with Crippen LogP contribution in [0.1, 0.15) is 119 Å². The molecule has 4 aromatic rings. The number of carbonyl (C=O) groups excluding carboxylic acids is 6. The van der Waals surface area contributed by atoms with E-state index in [4.69, 9.17) is 18.9 Å². The second kappa shape index (κ2) is 20.3. The number of amides is 4. The van der Waals surface area contributed by atoms with E-state index in [0.29, 0.717) is 5.57 Å². The minimum Gasteiger partial charge on any atom is -0.458 e. The van der Waals surface area contributed by atoms with E-state index < -0.39 is 70.4 Å². The van der Waals surface area contributed by atoms with Crippen LogP contribution in [0, 0.1) is 0 Å². The fraction of sp³-hybridized carbons (Fsp3) is 0.407. The number of ether oxygens (including phenoxy) is 4.